The molecular formula is C20H17N3NaO3P. The summed E-state index contributed by atoms with van der Waals surface area (Å²) in [6.07, 6.45) is 0. The minimum absolute atomic E-state index is 0. The molecule has 3 aromatic carbocycles. The molecule has 0 radical (unpaired) electrons. The number of hydrogen-bond acceptors (Lipinski definition) is 5. The molecule has 0 saturated carbocycles. The number of para-hydroxylation sites is 2. The van der Waals surface area contributed by atoms with Crippen molar-refractivity contribution in [3.05, 3.63) is 72.8 Å². The quantitative estimate of drug-likeness (QED) is 0.301. The van der Waals surface area contributed by atoms with Gasteiger partial charge >= 0.3 is 29.6 Å². The second kappa shape index (κ2) is 8.62. The molecule has 1 unspecified atom stereocenters. The van der Waals surface area contributed by atoms with Crippen LogP contribution in [-0.4, -0.2) is 12.1 Å². The van der Waals surface area contributed by atoms with Gasteiger partial charge in [-0.3, -0.25) is 4.57 Å². The van der Waals surface area contributed by atoms with Gasteiger partial charge in [-0.05, 0) is 36.4 Å². The zero-order valence-electron chi connectivity index (χ0n) is 15.5. The van der Waals surface area contributed by atoms with Gasteiger partial charge in [-0.1, -0.05) is 36.4 Å². The van der Waals surface area contributed by atoms with Crippen molar-refractivity contribution in [1.29, 1.82) is 0 Å². The average molecular weight is 401 g/mol. The normalized spacial score (nSPS) is 12.9. The van der Waals surface area contributed by atoms with Crippen molar-refractivity contribution in [1.82, 2.24) is 4.98 Å². The molecule has 0 aliphatic carbocycles. The summed E-state index contributed by atoms with van der Waals surface area (Å²) in [5, 5.41) is 7.84. The van der Waals surface area contributed by atoms with Crippen molar-refractivity contribution in [3.8, 4) is 0 Å². The van der Waals surface area contributed by atoms with Crippen LogP contribution in [0, 0.1) is 0 Å². The van der Waals surface area contributed by atoms with Gasteiger partial charge in [-0.15, -0.1) is 0 Å². The maximum Gasteiger partial charge on any atom is 1.00 e. The summed E-state index contributed by atoms with van der Waals surface area (Å²) in [7, 11) is -2.95. The summed E-state index contributed by atoms with van der Waals surface area (Å²) in [5.41, 5.74) is 4.04. The van der Waals surface area contributed by atoms with E-state index in [0.29, 0.717) is 5.69 Å². The average Bonchev–Trinajstić information content (AvgIpc) is 2.69. The standard InChI is InChI=1S/C20H18N3O3P.Na/c1-26-27(24,25)23-15-12-10-14(11-13-15)21-20-16-6-2-4-8-18(16)22-19-9-5-3-7-17(19)20;/h2-13H,1H3,(H,21,22)(H2,23,24,25);/q;+1/p-1. The maximum absolute atomic E-state index is 11.5. The second-order valence-electron chi connectivity index (χ2n) is 6.02. The first-order chi connectivity index (χ1) is 13.1. The first-order valence-electron chi connectivity index (χ1n) is 8.35. The van der Waals surface area contributed by atoms with E-state index in [2.05, 4.69) is 14.9 Å². The summed E-state index contributed by atoms with van der Waals surface area (Å²) in [6.45, 7) is 0. The molecule has 6 nitrogen and oxygen atoms in total. The predicted octanol–water partition coefficient (Wildman–Crippen LogP) is 1.66. The van der Waals surface area contributed by atoms with Crippen LogP contribution in [0.4, 0.5) is 17.1 Å². The van der Waals surface area contributed by atoms with Crippen LogP contribution in [0.2, 0.25) is 0 Å². The molecule has 0 saturated heterocycles. The topological polar surface area (TPSA) is 86.3 Å². The number of rotatable bonds is 5. The second-order valence-corrected chi connectivity index (χ2v) is 7.60. The first-order valence-corrected chi connectivity index (χ1v) is 9.90. The Balaban J connectivity index is 0.00000225. The molecule has 4 aromatic rings. The number of anilines is 3. The number of pyridine rings is 1. The van der Waals surface area contributed by atoms with E-state index in [-0.39, 0.29) is 29.6 Å². The van der Waals surface area contributed by atoms with Gasteiger partial charge in [0, 0.05) is 29.3 Å². The van der Waals surface area contributed by atoms with E-state index in [1.165, 1.54) is 0 Å². The van der Waals surface area contributed by atoms with Gasteiger partial charge in [0.15, 0.2) is 0 Å². The summed E-state index contributed by atoms with van der Waals surface area (Å²) >= 11 is 0. The molecule has 2 N–H and O–H groups in total. The Morgan fingerprint density at radius 2 is 1.36 bits per heavy atom. The molecule has 0 amide bonds. The van der Waals surface area contributed by atoms with Gasteiger partial charge in [0.1, 0.15) is 0 Å². The Bertz CT molecular complexity index is 1110. The van der Waals surface area contributed by atoms with Gasteiger partial charge in [0.2, 0.25) is 7.75 Å². The van der Waals surface area contributed by atoms with E-state index in [0.717, 1.165) is 40.3 Å². The maximum atomic E-state index is 11.5. The number of fused-ring (bicyclic) bond motifs is 2. The van der Waals surface area contributed by atoms with E-state index < -0.39 is 7.75 Å². The Labute approximate surface area is 184 Å². The van der Waals surface area contributed by atoms with Crippen LogP contribution >= 0.6 is 7.75 Å². The van der Waals surface area contributed by atoms with Crippen LogP contribution in [0.1, 0.15) is 0 Å². The molecule has 1 atom stereocenters. The van der Waals surface area contributed by atoms with Crippen LogP contribution in [-0.2, 0) is 9.09 Å². The smallest absolute Gasteiger partial charge is 0.762 e. The zero-order chi connectivity index (χ0) is 18.9. The molecule has 0 fully saturated rings. The van der Waals surface area contributed by atoms with Crippen molar-refractivity contribution < 1.29 is 43.5 Å². The van der Waals surface area contributed by atoms with Crippen molar-refractivity contribution in [2.24, 2.45) is 0 Å². The van der Waals surface area contributed by atoms with E-state index >= 15 is 0 Å². The molecule has 0 spiro atoms. The number of nitrogens with one attached hydrogen (secondary N) is 2. The fourth-order valence-corrected chi connectivity index (χ4v) is 3.51. The summed E-state index contributed by atoms with van der Waals surface area (Å²) in [4.78, 5) is 16.2. The van der Waals surface area contributed by atoms with Gasteiger partial charge in [0.05, 0.1) is 16.7 Å². The van der Waals surface area contributed by atoms with E-state index in [4.69, 9.17) is 4.98 Å². The van der Waals surface area contributed by atoms with E-state index in [9.17, 15) is 9.46 Å². The van der Waals surface area contributed by atoms with Crippen LogP contribution in [0.3, 0.4) is 0 Å². The van der Waals surface area contributed by atoms with Gasteiger partial charge in [0.25, 0.3) is 0 Å². The molecular weight excluding hydrogens is 384 g/mol. The monoisotopic (exact) mass is 401 g/mol. The zero-order valence-corrected chi connectivity index (χ0v) is 18.4. The summed E-state index contributed by atoms with van der Waals surface area (Å²) in [5.74, 6) is 0. The molecule has 0 bridgehead atoms. The molecule has 8 heteroatoms. The van der Waals surface area contributed by atoms with Gasteiger partial charge in [-0.2, -0.15) is 0 Å². The van der Waals surface area contributed by atoms with Crippen LogP contribution in [0.15, 0.2) is 72.8 Å². The Morgan fingerprint density at radius 1 is 0.857 bits per heavy atom. The minimum Gasteiger partial charge on any atom is -0.762 e. The largest absolute Gasteiger partial charge is 1.00 e. The molecule has 0 aliphatic rings. The first kappa shape index (κ1) is 20.8. The predicted molar refractivity (Wildman–Crippen MR) is 107 cm³/mol. The number of aromatic nitrogens is 1. The molecule has 28 heavy (non-hydrogen) atoms. The molecule has 4 rings (SSSR count). The third kappa shape index (κ3) is 4.39. The molecule has 1 aromatic heterocycles. The number of benzene rings is 3. The number of hydrogen-bond donors (Lipinski definition) is 2. The van der Waals surface area contributed by atoms with Crippen molar-refractivity contribution >= 4 is 46.6 Å². The SMILES string of the molecule is COP(=O)([O-])Nc1ccc(Nc2c3ccccc3nc3ccccc23)cc1.[Na+]. The van der Waals surface area contributed by atoms with Crippen LogP contribution in [0.5, 0.6) is 0 Å². The molecule has 136 valence electrons. The molecule has 1 heterocycles. The van der Waals surface area contributed by atoms with Crippen molar-refractivity contribution in [2.75, 3.05) is 17.5 Å². The third-order valence-electron chi connectivity index (χ3n) is 4.25. The Kier molecular flexibility index (Phi) is 6.40. The van der Waals surface area contributed by atoms with Gasteiger partial charge < -0.3 is 19.8 Å². The van der Waals surface area contributed by atoms with E-state index in [1.807, 2.05) is 60.7 Å². The molecule has 0 aliphatic heterocycles. The van der Waals surface area contributed by atoms with Gasteiger partial charge in [-0.25, -0.2) is 4.98 Å². The van der Waals surface area contributed by atoms with Crippen molar-refractivity contribution in [2.45, 2.75) is 0 Å². The summed E-state index contributed by atoms with van der Waals surface area (Å²) < 4.78 is 15.9. The van der Waals surface area contributed by atoms with E-state index in [1.54, 1.807) is 12.1 Å². The Hall–Kier alpha value is -1.92. The third-order valence-corrected chi connectivity index (χ3v) is 5.26. The number of nitrogens with zero attached hydrogens (tertiary/aromatic N) is 1. The minimum atomic E-state index is -4.07. The van der Waals surface area contributed by atoms with Crippen molar-refractivity contribution in [3.63, 3.8) is 0 Å². The fraction of sp³-hybridized carbons (Fsp3) is 0.0500. The van der Waals surface area contributed by atoms with Crippen LogP contribution < -0.4 is 44.9 Å². The Morgan fingerprint density at radius 3 is 1.89 bits per heavy atom. The van der Waals surface area contributed by atoms with Crippen LogP contribution in [0.25, 0.3) is 21.8 Å². The summed E-state index contributed by atoms with van der Waals surface area (Å²) in [6, 6.07) is 22.9. The fourth-order valence-electron chi connectivity index (χ4n) is 2.95.